The van der Waals surface area contributed by atoms with Gasteiger partial charge in [0.15, 0.2) is 23.8 Å². The van der Waals surface area contributed by atoms with Gasteiger partial charge in [0.05, 0.1) is 12.0 Å². The van der Waals surface area contributed by atoms with Crippen LogP contribution >= 0.6 is 22.6 Å². The second kappa shape index (κ2) is 10.5. The summed E-state index contributed by atoms with van der Waals surface area (Å²) in [6, 6.07) is 9.07. The van der Waals surface area contributed by atoms with E-state index in [2.05, 4.69) is 33.1 Å². The lowest BCUT2D eigenvalue weighted by molar-refractivity contribution is -0.386. The van der Waals surface area contributed by atoms with E-state index < -0.39 is 4.92 Å². The highest BCUT2D eigenvalue weighted by Crippen LogP contribution is 2.30. The number of carbonyl (C=O) groups excluding carboxylic acids is 1. The maximum atomic E-state index is 12.4. The summed E-state index contributed by atoms with van der Waals surface area (Å²) in [5.41, 5.74) is 3.44. The molecule has 0 fully saturated rings. The van der Waals surface area contributed by atoms with Gasteiger partial charge in [-0.15, -0.1) is 0 Å². The molecular weight excluding hydrogens is 541 g/mol. The number of nitro groups is 1. The minimum atomic E-state index is -0.534. The molecule has 0 saturated carbocycles. The number of carbonyl (C=O) groups is 1. The number of nitrogens with one attached hydrogen (secondary N) is 1. The van der Waals surface area contributed by atoms with Gasteiger partial charge >= 0.3 is 5.69 Å². The van der Waals surface area contributed by atoms with Crippen molar-refractivity contribution in [2.75, 3.05) is 19.0 Å². The molecule has 3 rings (SSSR count). The van der Waals surface area contributed by atoms with E-state index in [0.29, 0.717) is 17.1 Å². The van der Waals surface area contributed by atoms with Crippen LogP contribution in [0.1, 0.15) is 28.1 Å². The quantitative estimate of drug-likeness (QED) is 0.224. The number of halogens is 1. The number of methoxy groups -OCH3 is 1. The van der Waals surface area contributed by atoms with Gasteiger partial charge in [0, 0.05) is 9.26 Å². The monoisotopic (exact) mass is 563 g/mol. The molecule has 1 N–H and O–H groups in total. The average Bonchev–Trinajstić information content (AvgIpc) is 3.14. The van der Waals surface area contributed by atoms with Crippen molar-refractivity contribution in [3.8, 4) is 11.5 Å². The molecule has 10 heteroatoms. The van der Waals surface area contributed by atoms with Crippen molar-refractivity contribution in [3.05, 3.63) is 72.2 Å². The number of anilines is 1. The number of ether oxygens (including phenoxy) is 2. The number of hydrogen-bond donors (Lipinski definition) is 1. The predicted molar refractivity (Wildman–Crippen MR) is 133 cm³/mol. The Labute approximate surface area is 204 Å². The van der Waals surface area contributed by atoms with Gasteiger partial charge in [-0.1, -0.05) is 17.3 Å². The summed E-state index contributed by atoms with van der Waals surface area (Å²) in [7, 11) is 1.48. The fourth-order valence-electron chi connectivity index (χ4n) is 3.22. The zero-order valence-corrected chi connectivity index (χ0v) is 20.6. The van der Waals surface area contributed by atoms with Crippen molar-refractivity contribution in [1.29, 1.82) is 0 Å². The summed E-state index contributed by atoms with van der Waals surface area (Å²) in [5.74, 6) is 0.563. The first-order valence-corrected chi connectivity index (χ1v) is 10.9. The Morgan fingerprint density at radius 3 is 2.52 bits per heavy atom. The van der Waals surface area contributed by atoms with Crippen molar-refractivity contribution in [3.63, 3.8) is 0 Å². The molecule has 0 unspecified atom stereocenters. The normalized spacial score (nSPS) is 10.9. The van der Waals surface area contributed by atoms with Gasteiger partial charge in [-0.25, -0.2) is 0 Å². The maximum Gasteiger partial charge on any atom is 0.338 e. The lowest BCUT2D eigenvalue weighted by Crippen LogP contribution is -2.21. The van der Waals surface area contributed by atoms with Crippen LogP contribution in [0.3, 0.4) is 0 Å². The van der Waals surface area contributed by atoms with Gasteiger partial charge < -0.3 is 19.3 Å². The van der Waals surface area contributed by atoms with E-state index in [4.69, 9.17) is 14.0 Å². The Morgan fingerprint density at radius 2 is 1.88 bits per heavy atom. The Kier molecular flexibility index (Phi) is 7.69. The van der Waals surface area contributed by atoms with Crippen LogP contribution < -0.4 is 14.8 Å². The first-order chi connectivity index (χ1) is 15.7. The summed E-state index contributed by atoms with van der Waals surface area (Å²) in [6.45, 7) is 5.19. The molecule has 172 valence electrons. The summed E-state index contributed by atoms with van der Waals surface area (Å²) >= 11 is 2.24. The number of hydrogen-bond acceptors (Lipinski definition) is 7. The number of nitrogens with zero attached hydrogens (tertiary/aromatic N) is 2. The number of amides is 1. The van der Waals surface area contributed by atoms with Gasteiger partial charge in [-0.2, -0.15) is 0 Å². The van der Waals surface area contributed by atoms with Crippen molar-refractivity contribution < 1.29 is 23.7 Å². The number of rotatable bonds is 8. The van der Waals surface area contributed by atoms with Crippen LogP contribution in [-0.2, 0) is 4.79 Å². The third-order valence-corrected chi connectivity index (χ3v) is 5.40. The van der Waals surface area contributed by atoms with Gasteiger partial charge in [-0.05, 0) is 90.4 Å². The molecule has 1 heterocycles. The molecule has 0 radical (unpaired) electrons. The van der Waals surface area contributed by atoms with Crippen molar-refractivity contribution in [1.82, 2.24) is 5.16 Å². The summed E-state index contributed by atoms with van der Waals surface area (Å²) < 4.78 is 17.1. The molecule has 1 aromatic heterocycles. The molecule has 0 aliphatic rings. The smallest absolute Gasteiger partial charge is 0.338 e. The lowest BCUT2D eigenvalue weighted by atomic mass is 10.1. The van der Waals surface area contributed by atoms with E-state index in [1.165, 1.54) is 20.1 Å². The molecule has 0 bridgehead atoms. The molecule has 9 nitrogen and oxygen atoms in total. The van der Waals surface area contributed by atoms with E-state index in [1.54, 1.807) is 24.3 Å². The SMILES string of the molecule is COc1cc(/C=C/c2onc(C)c2[N+](=O)[O-])ccc1OCC(=O)Nc1c(C)cc(I)cc1C. The number of aromatic nitrogens is 1. The third kappa shape index (κ3) is 5.89. The summed E-state index contributed by atoms with van der Waals surface area (Å²) in [4.78, 5) is 23.1. The molecule has 2 aromatic carbocycles. The maximum absolute atomic E-state index is 12.4. The van der Waals surface area contributed by atoms with E-state index in [0.717, 1.165) is 20.4 Å². The second-order valence-electron chi connectivity index (χ2n) is 7.23. The Balaban J connectivity index is 1.69. The summed E-state index contributed by atoms with van der Waals surface area (Å²) in [5, 5.41) is 17.7. The first-order valence-electron chi connectivity index (χ1n) is 9.85. The topological polar surface area (TPSA) is 117 Å². The van der Waals surface area contributed by atoms with Crippen LogP contribution in [0.5, 0.6) is 11.5 Å². The van der Waals surface area contributed by atoms with Gasteiger partial charge in [0.1, 0.15) is 0 Å². The van der Waals surface area contributed by atoms with Gasteiger partial charge in [0.25, 0.3) is 5.91 Å². The standard InChI is InChI=1S/C23H22IN3O6/c1-13-9-17(24)10-14(2)22(13)25-21(28)12-32-18-7-5-16(11-20(18)31-4)6-8-19-23(27(29)30)15(3)26-33-19/h5-11H,12H2,1-4H3,(H,25,28)/b8-6+. The average molecular weight is 563 g/mol. The van der Waals surface area contributed by atoms with Crippen LogP contribution in [0, 0.1) is 34.5 Å². The fourth-order valence-corrected chi connectivity index (χ4v) is 4.15. The molecular formula is C23H22IN3O6. The fraction of sp³-hybridized carbons (Fsp3) is 0.217. The van der Waals surface area contributed by atoms with Crippen molar-refractivity contribution >= 4 is 52.0 Å². The van der Waals surface area contributed by atoms with E-state index in [1.807, 2.05) is 26.0 Å². The molecule has 3 aromatic rings. The molecule has 0 spiro atoms. The number of benzene rings is 2. The highest BCUT2D eigenvalue weighted by molar-refractivity contribution is 14.1. The molecule has 0 aliphatic heterocycles. The lowest BCUT2D eigenvalue weighted by Gasteiger charge is -2.14. The molecule has 0 saturated heterocycles. The highest BCUT2D eigenvalue weighted by atomic mass is 127. The minimum Gasteiger partial charge on any atom is -0.493 e. The van der Waals surface area contributed by atoms with Gasteiger partial charge in [0.2, 0.25) is 5.76 Å². The largest absolute Gasteiger partial charge is 0.493 e. The molecule has 0 aliphatic carbocycles. The van der Waals surface area contributed by atoms with Crippen LogP contribution in [0.4, 0.5) is 11.4 Å². The van der Waals surface area contributed by atoms with Crippen molar-refractivity contribution in [2.45, 2.75) is 20.8 Å². The Hall–Kier alpha value is -3.41. The van der Waals surface area contributed by atoms with Crippen LogP contribution in [0.15, 0.2) is 34.9 Å². The molecule has 0 atom stereocenters. The first kappa shape index (κ1) is 24.2. The predicted octanol–water partition coefficient (Wildman–Crippen LogP) is 5.31. The van der Waals surface area contributed by atoms with E-state index >= 15 is 0 Å². The van der Waals surface area contributed by atoms with E-state index in [-0.39, 0.29) is 29.7 Å². The minimum absolute atomic E-state index is 0.0506. The number of aryl methyl sites for hydroxylation is 3. The van der Waals surface area contributed by atoms with Crippen LogP contribution in [0.25, 0.3) is 12.2 Å². The van der Waals surface area contributed by atoms with Crippen LogP contribution in [-0.4, -0.2) is 29.7 Å². The zero-order chi connectivity index (χ0) is 24.1. The van der Waals surface area contributed by atoms with Gasteiger partial charge in [-0.3, -0.25) is 14.9 Å². The highest BCUT2D eigenvalue weighted by Gasteiger charge is 2.22. The second-order valence-corrected chi connectivity index (χ2v) is 8.48. The Morgan fingerprint density at radius 1 is 1.18 bits per heavy atom. The molecule has 1 amide bonds. The zero-order valence-electron chi connectivity index (χ0n) is 18.5. The van der Waals surface area contributed by atoms with Crippen molar-refractivity contribution in [2.24, 2.45) is 0 Å². The van der Waals surface area contributed by atoms with Crippen LogP contribution in [0.2, 0.25) is 0 Å². The Bertz CT molecular complexity index is 1210. The summed E-state index contributed by atoms with van der Waals surface area (Å²) in [6.07, 6.45) is 3.10. The molecule has 33 heavy (non-hydrogen) atoms. The third-order valence-electron chi connectivity index (χ3n) is 4.78. The van der Waals surface area contributed by atoms with E-state index in [9.17, 15) is 14.9 Å².